The summed E-state index contributed by atoms with van der Waals surface area (Å²) in [7, 11) is 0. The van der Waals surface area contributed by atoms with E-state index >= 15 is 0 Å². The average Bonchev–Trinajstić information content (AvgIpc) is 2.48. The van der Waals surface area contributed by atoms with Crippen molar-refractivity contribution in [2.24, 2.45) is 5.73 Å². The summed E-state index contributed by atoms with van der Waals surface area (Å²) in [4.78, 5) is 0. The number of rotatable bonds is 1. The van der Waals surface area contributed by atoms with Gasteiger partial charge in [0, 0.05) is 5.56 Å². The highest BCUT2D eigenvalue weighted by Gasteiger charge is 2.27. The van der Waals surface area contributed by atoms with Gasteiger partial charge in [0.25, 0.3) is 0 Å². The van der Waals surface area contributed by atoms with Crippen molar-refractivity contribution in [3.05, 3.63) is 47.3 Å². The summed E-state index contributed by atoms with van der Waals surface area (Å²) in [5.74, 6) is -0.378. The molecule has 1 aliphatic rings. The first-order valence-corrected chi connectivity index (χ1v) is 4.27. The molecule has 0 bridgehead atoms. The molecule has 1 unspecified atom stereocenters. The number of nitrogens with two attached hydrogens (primary N) is 1. The molecular formula is C10H10FNO2. The first-order valence-electron chi connectivity index (χ1n) is 4.27. The summed E-state index contributed by atoms with van der Waals surface area (Å²) >= 11 is 0. The lowest BCUT2D eigenvalue weighted by atomic mass is 10.1. The fourth-order valence-corrected chi connectivity index (χ4v) is 1.45. The summed E-state index contributed by atoms with van der Waals surface area (Å²) in [5, 5.41) is 9.23. The zero-order valence-electron chi connectivity index (χ0n) is 7.40. The van der Waals surface area contributed by atoms with Crippen LogP contribution in [-0.2, 0) is 4.74 Å². The molecule has 4 heteroatoms. The van der Waals surface area contributed by atoms with Crippen molar-refractivity contribution in [2.75, 3.05) is 0 Å². The van der Waals surface area contributed by atoms with Crippen molar-refractivity contribution in [3.63, 3.8) is 0 Å². The van der Waals surface area contributed by atoms with E-state index in [4.69, 9.17) is 10.5 Å². The normalized spacial score (nSPS) is 21.1. The summed E-state index contributed by atoms with van der Waals surface area (Å²) in [5.41, 5.74) is 5.76. The van der Waals surface area contributed by atoms with E-state index < -0.39 is 6.10 Å². The van der Waals surface area contributed by atoms with Crippen LogP contribution >= 0.6 is 0 Å². The predicted octanol–water partition coefficient (Wildman–Crippen LogP) is 1.97. The van der Waals surface area contributed by atoms with Gasteiger partial charge in [-0.1, -0.05) is 18.2 Å². The van der Waals surface area contributed by atoms with Gasteiger partial charge in [-0.05, 0) is 6.07 Å². The lowest BCUT2D eigenvalue weighted by Crippen LogP contribution is -2.03. The largest absolute Gasteiger partial charge is 0.507 e. The van der Waals surface area contributed by atoms with Crippen LogP contribution in [0.1, 0.15) is 18.1 Å². The molecule has 14 heavy (non-hydrogen) atoms. The maximum Gasteiger partial charge on any atom is 0.223 e. The average molecular weight is 195 g/mol. The Morgan fingerprint density at radius 2 is 2.14 bits per heavy atom. The topological polar surface area (TPSA) is 55.5 Å². The Kier molecular flexibility index (Phi) is 2.04. The van der Waals surface area contributed by atoms with Crippen LogP contribution < -0.4 is 5.73 Å². The second kappa shape index (κ2) is 3.21. The molecule has 1 heterocycles. The second-order valence-corrected chi connectivity index (χ2v) is 3.14. The van der Waals surface area contributed by atoms with Gasteiger partial charge in [-0.3, -0.25) is 0 Å². The quantitative estimate of drug-likeness (QED) is 0.720. The Balaban J connectivity index is 2.24. The molecule has 74 valence electrons. The molecule has 3 N–H and O–H groups in total. The van der Waals surface area contributed by atoms with E-state index in [9.17, 15) is 9.50 Å². The van der Waals surface area contributed by atoms with Crippen LogP contribution in [0.5, 0.6) is 0 Å². The van der Waals surface area contributed by atoms with Gasteiger partial charge in [-0.2, -0.15) is 0 Å². The molecule has 1 aliphatic heterocycles. The Bertz CT molecular complexity index is 375. The minimum absolute atomic E-state index is 0.0155. The highest BCUT2D eigenvalue weighted by atomic mass is 19.1. The maximum atomic E-state index is 13.3. The van der Waals surface area contributed by atoms with Crippen LogP contribution in [0.15, 0.2) is 35.9 Å². The SMILES string of the molecule is NC1=C(O)CC(c2ccccc2F)O1. The molecule has 0 aliphatic carbocycles. The first kappa shape index (κ1) is 8.87. The summed E-state index contributed by atoms with van der Waals surface area (Å²) < 4.78 is 18.4. The molecule has 0 fully saturated rings. The molecule has 0 aromatic heterocycles. The van der Waals surface area contributed by atoms with E-state index in [0.717, 1.165) is 0 Å². The van der Waals surface area contributed by atoms with Gasteiger partial charge in [0.1, 0.15) is 11.9 Å². The molecule has 0 saturated heterocycles. The molecule has 0 spiro atoms. The number of aliphatic hydroxyl groups is 1. The zero-order valence-corrected chi connectivity index (χ0v) is 7.40. The van der Waals surface area contributed by atoms with Gasteiger partial charge in [-0.15, -0.1) is 0 Å². The van der Waals surface area contributed by atoms with E-state index in [-0.39, 0.29) is 23.9 Å². The summed E-state index contributed by atoms with van der Waals surface area (Å²) in [6, 6.07) is 6.29. The van der Waals surface area contributed by atoms with Crippen LogP contribution in [0.4, 0.5) is 4.39 Å². The van der Waals surface area contributed by atoms with Crippen molar-refractivity contribution < 1.29 is 14.2 Å². The van der Waals surface area contributed by atoms with Gasteiger partial charge in [0.2, 0.25) is 5.88 Å². The number of aliphatic hydroxyl groups excluding tert-OH is 1. The molecule has 0 saturated carbocycles. The molecule has 0 radical (unpaired) electrons. The predicted molar refractivity (Wildman–Crippen MR) is 48.7 cm³/mol. The fourth-order valence-electron chi connectivity index (χ4n) is 1.45. The maximum absolute atomic E-state index is 13.3. The number of hydrogen-bond donors (Lipinski definition) is 2. The van der Waals surface area contributed by atoms with E-state index in [1.165, 1.54) is 6.07 Å². The van der Waals surface area contributed by atoms with E-state index in [1.54, 1.807) is 18.2 Å². The lowest BCUT2D eigenvalue weighted by molar-refractivity contribution is 0.140. The Morgan fingerprint density at radius 3 is 2.71 bits per heavy atom. The Hall–Kier alpha value is -1.71. The van der Waals surface area contributed by atoms with E-state index in [2.05, 4.69) is 0 Å². The third-order valence-electron chi connectivity index (χ3n) is 2.18. The number of benzene rings is 1. The molecule has 2 rings (SSSR count). The summed E-state index contributed by atoms with van der Waals surface area (Å²) in [6.45, 7) is 0. The van der Waals surface area contributed by atoms with Crippen LogP contribution in [0.25, 0.3) is 0 Å². The van der Waals surface area contributed by atoms with Crippen molar-refractivity contribution in [3.8, 4) is 0 Å². The van der Waals surface area contributed by atoms with Crippen LogP contribution in [0.2, 0.25) is 0 Å². The standard InChI is InChI=1S/C10H10FNO2/c11-7-4-2-1-3-6(7)9-5-8(13)10(12)14-9/h1-4,9,13H,5,12H2. The molecule has 0 amide bonds. The van der Waals surface area contributed by atoms with Gasteiger partial charge in [0.15, 0.2) is 5.76 Å². The van der Waals surface area contributed by atoms with Crippen molar-refractivity contribution in [1.29, 1.82) is 0 Å². The van der Waals surface area contributed by atoms with E-state index in [1.807, 2.05) is 0 Å². The third-order valence-corrected chi connectivity index (χ3v) is 2.18. The monoisotopic (exact) mass is 195 g/mol. The Morgan fingerprint density at radius 1 is 1.43 bits per heavy atom. The molecule has 1 atom stereocenters. The highest BCUT2D eigenvalue weighted by Crippen LogP contribution is 2.33. The zero-order chi connectivity index (χ0) is 10.1. The van der Waals surface area contributed by atoms with Crippen LogP contribution in [0, 0.1) is 5.82 Å². The van der Waals surface area contributed by atoms with Gasteiger partial charge in [0.05, 0.1) is 6.42 Å². The number of hydrogen-bond acceptors (Lipinski definition) is 3. The van der Waals surface area contributed by atoms with Crippen molar-refractivity contribution in [1.82, 2.24) is 0 Å². The van der Waals surface area contributed by atoms with Gasteiger partial charge in [-0.25, -0.2) is 4.39 Å². The van der Waals surface area contributed by atoms with Crippen LogP contribution in [0.3, 0.4) is 0 Å². The Labute approximate surface area is 80.6 Å². The second-order valence-electron chi connectivity index (χ2n) is 3.14. The van der Waals surface area contributed by atoms with Gasteiger partial charge >= 0.3 is 0 Å². The molecular weight excluding hydrogens is 185 g/mol. The highest BCUT2D eigenvalue weighted by molar-refractivity contribution is 5.23. The first-order chi connectivity index (χ1) is 6.68. The number of halogens is 1. The smallest absolute Gasteiger partial charge is 0.223 e. The molecule has 3 nitrogen and oxygen atoms in total. The van der Waals surface area contributed by atoms with Crippen molar-refractivity contribution in [2.45, 2.75) is 12.5 Å². The molecule has 1 aromatic rings. The minimum atomic E-state index is -0.504. The van der Waals surface area contributed by atoms with Gasteiger partial charge < -0.3 is 15.6 Å². The van der Waals surface area contributed by atoms with E-state index in [0.29, 0.717) is 5.56 Å². The minimum Gasteiger partial charge on any atom is -0.507 e. The van der Waals surface area contributed by atoms with Crippen molar-refractivity contribution >= 4 is 0 Å². The lowest BCUT2D eigenvalue weighted by Gasteiger charge is -2.11. The fraction of sp³-hybridized carbons (Fsp3) is 0.200. The summed E-state index contributed by atoms with van der Waals surface area (Å²) in [6.07, 6.45) is -0.275. The third kappa shape index (κ3) is 1.39. The molecule has 1 aromatic carbocycles. The van der Waals surface area contributed by atoms with Crippen LogP contribution in [-0.4, -0.2) is 5.11 Å². The number of ether oxygens (including phenoxy) is 1.